The van der Waals surface area contributed by atoms with Gasteiger partial charge in [-0.05, 0) is 37.6 Å². The second kappa shape index (κ2) is 12.1. The van der Waals surface area contributed by atoms with Gasteiger partial charge in [0.05, 0.1) is 30.8 Å². The largest absolute Gasteiger partial charge is 0.488 e. The number of hydrogen-bond donors (Lipinski definition) is 3. The molecule has 3 aromatic rings. The molecule has 0 saturated carbocycles. The lowest BCUT2D eigenvalue weighted by Gasteiger charge is -2.16. The molecule has 32 heavy (non-hydrogen) atoms. The van der Waals surface area contributed by atoms with Crippen molar-refractivity contribution in [3.8, 4) is 5.75 Å². The number of aromatic amines is 1. The average Bonchev–Trinajstić information content (AvgIpc) is 3.42. The summed E-state index contributed by atoms with van der Waals surface area (Å²) in [6.45, 7) is 7.65. The maximum atomic E-state index is 6.20. The normalized spacial score (nSPS) is 16.1. The minimum atomic E-state index is 0. The van der Waals surface area contributed by atoms with Crippen LogP contribution < -0.4 is 15.4 Å². The summed E-state index contributed by atoms with van der Waals surface area (Å²) >= 11 is 0. The molecule has 1 aliphatic heterocycles. The number of para-hydroxylation sites is 2. The van der Waals surface area contributed by atoms with Gasteiger partial charge < -0.3 is 25.1 Å². The van der Waals surface area contributed by atoms with Crippen LogP contribution in [0.15, 0.2) is 47.5 Å². The zero-order valence-electron chi connectivity index (χ0n) is 18.7. The highest BCUT2D eigenvalue weighted by molar-refractivity contribution is 14.0. The number of nitrogens with one attached hydrogen (secondary N) is 3. The zero-order valence-corrected chi connectivity index (χ0v) is 21.0. The summed E-state index contributed by atoms with van der Waals surface area (Å²) in [5, 5.41) is 6.72. The first kappa shape index (κ1) is 24.3. The summed E-state index contributed by atoms with van der Waals surface area (Å²) in [6.07, 6.45) is 1.85. The molecule has 8 heteroatoms. The van der Waals surface area contributed by atoms with E-state index in [0.717, 1.165) is 66.7 Å². The van der Waals surface area contributed by atoms with Crippen LogP contribution in [0.3, 0.4) is 0 Å². The van der Waals surface area contributed by atoms with E-state index in [1.54, 1.807) is 0 Å². The molecular weight excluding hydrogens is 517 g/mol. The third kappa shape index (κ3) is 6.59. The number of H-pyrrole nitrogens is 1. The summed E-state index contributed by atoms with van der Waals surface area (Å²) in [7, 11) is 0. The molecule has 1 aliphatic rings. The number of hydrogen-bond acceptors (Lipinski definition) is 4. The van der Waals surface area contributed by atoms with Crippen molar-refractivity contribution in [2.24, 2.45) is 4.99 Å². The number of ether oxygens (including phenoxy) is 2. The molecule has 1 aromatic heterocycles. The molecule has 1 fully saturated rings. The third-order valence-electron chi connectivity index (χ3n) is 5.25. The van der Waals surface area contributed by atoms with Gasteiger partial charge in [-0.25, -0.2) is 9.98 Å². The molecule has 0 radical (unpaired) electrons. The summed E-state index contributed by atoms with van der Waals surface area (Å²) in [5.74, 6) is 2.66. The van der Waals surface area contributed by atoms with Crippen LogP contribution in [0.5, 0.6) is 5.75 Å². The van der Waals surface area contributed by atoms with Crippen molar-refractivity contribution >= 4 is 41.0 Å². The van der Waals surface area contributed by atoms with Crippen LogP contribution in [-0.4, -0.2) is 48.3 Å². The number of benzene rings is 2. The molecule has 1 atom stereocenters. The first-order valence-corrected chi connectivity index (χ1v) is 11.0. The first-order valence-electron chi connectivity index (χ1n) is 11.0. The van der Waals surface area contributed by atoms with Crippen molar-refractivity contribution in [1.82, 2.24) is 20.6 Å². The SMILES string of the molecule is CCNC(=NCc1ccc(C)cc1OC1CCOC1)NCCc1nc2ccccc2[nH]1.I. The van der Waals surface area contributed by atoms with E-state index in [1.165, 1.54) is 5.56 Å². The lowest BCUT2D eigenvalue weighted by atomic mass is 10.1. The highest BCUT2D eigenvalue weighted by Crippen LogP contribution is 2.24. The van der Waals surface area contributed by atoms with Crippen molar-refractivity contribution in [1.29, 1.82) is 0 Å². The topological polar surface area (TPSA) is 83.6 Å². The van der Waals surface area contributed by atoms with Gasteiger partial charge in [0, 0.05) is 31.5 Å². The number of nitrogens with zero attached hydrogens (tertiary/aromatic N) is 2. The maximum Gasteiger partial charge on any atom is 0.191 e. The molecule has 7 nitrogen and oxygen atoms in total. The standard InChI is InChI=1S/C24H31N5O2.HI/c1-3-25-24(26-12-10-23-28-20-6-4-5-7-21(20)29-23)27-15-18-9-8-17(2)14-22(18)31-19-11-13-30-16-19;/h4-9,14,19H,3,10-13,15-16H2,1-2H3,(H,28,29)(H2,25,26,27);1H. The Morgan fingerprint density at radius 1 is 1.25 bits per heavy atom. The lowest BCUT2D eigenvalue weighted by molar-refractivity contribution is 0.140. The number of rotatable bonds is 8. The Labute approximate surface area is 206 Å². The van der Waals surface area contributed by atoms with Gasteiger partial charge in [-0.2, -0.15) is 0 Å². The summed E-state index contributed by atoms with van der Waals surface area (Å²) in [4.78, 5) is 12.8. The Bertz CT molecular complexity index is 997. The quantitative estimate of drug-likeness (QED) is 0.225. The Kier molecular flexibility index (Phi) is 9.16. The van der Waals surface area contributed by atoms with Crippen molar-refractivity contribution in [2.75, 3.05) is 26.3 Å². The van der Waals surface area contributed by atoms with Crippen molar-refractivity contribution in [3.63, 3.8) is 0 Å². The molecule has 0 bridgehead atoms. The molecule has 1 saturated heterocycles. The summed E-state index contributed by atoms with van der Waals surface area (Å²) in [6, 6.07) is 14.4. The van der Waals surface area contributed by atoms with Crippen LogP contribution in [0.2, 0.25) is 0 Å². The van der Waals surface area contributed by atoms with Crippen LogP contribution in [0.4, 0.5) is 0 Å². The molecule has 0 aliphatic carbocycles. The molecule has 0 spiro atoms. The predicted octanol–water partition coefficient (Wildman–Crippen LogP) is 3.95. The minimum absolute atomic E-state index is 0. The van der Waals surface area contributed by atoms with Gasteiger partial charge in [-0.1, -0.05) is 24.3 Å². The maximum absolute atomic E-state index is 6.20. The average molecular weight is 549 g/mol. The molecule has 4 rings (SSSR count). The van der Waals surface area contributed by atoms with Gasteiger partial charge >= 0.3 is 0 Å². The number of aliphatic imine (C=N–C) groups is 1. The van der Waals surface area contributed by atoms with E-state index in [2.05, 4.69) is 52.6 Å². The van der Waals surface area contributed by atoms with Crippen molar-refractivity contribution in [2.45, 2.75) is 39.3 Å². The number of aryl methyl sites for hydroxylation is 1. The molecule has 172 valence electrons. The molecule has 0 amide bonds. The first-order chi connectivity index (χ1) is 15.2. The molecule has 2 aromatic carbocycles. The Hall–Kier alpha value is -2.33. The van der Waals surface area contributed by atoms with Crippen LogP contribution in [0, 0.1) is 6.92 Å². The molecule has 2 heterocycles. The number of halogens is 1. The lowest BCUT2D eigenvalue weighted by Crippen LogP contribution is -2.38. The fraction of sp³-hybridized carbons (Fsp3) is 0.417. The van der Waals surface area contributed by atoms with E-state index < -0.39 is 0 Å². The second-order valence-corrected chi connectivity index (χ2v) is 7.79. The number of aromatic nitrogens is 2. The fourth-order valence-corrected chi connectivity index (χ4v) is 3.62. The fourth-order valence-electron chi connectivity index (χ4n) is 3.62. The predicted molar refractivity (Wildman–Crippen MR) is 139 cm³/mol. The minimum Gasteiger partial charge on any atom is -0.488 e. The Morgan fingerprint density at radius 2 is 2.12 bits per heavy atom. The van der Waals surface area contributed by atoms with Crippen LogP contribution in [0.1, 0.15) is 30.3 Å². The van der Waals surface area contributed by atoms with E-state index in [-0.39, 0.29) is 30.1 Å². The van der Waals surface area contributed by atoms with E-state index >= 15 is 0 Å². The van der Waals surface area contributed by atoms with Crippen LogP contribution in [0.25, 0.3) is 11.0 Å². The van der Waals surface area contributed by atoms with Gasteiger partial charge in [-0.3, -0.25) is 0 Å². The highest BCUT2D eigenvalue weighted by atomic mass is 127. The third-order valence-corrected chi connectivity index (χ3v) is 5.25. The monoisotopic (exact) mass is 549 g/mol. The molecule has 1 unspecified atom stereocenters. The summed E-state index contributed by atoms with van der Waals surface area (Å²) < 4.78 is 11.6. The van der Waals surface area contributed by atoms with Crippen molar-refractivity contribution in [3.05, 3.63) is 59.4 Å². The Balaban J connectivity index is 0.00000289. The zero-order chi connectivity index (χ0) is 21.5. The highest BCUT2D eigenvalue weighted by Gasteiger charge is 2.18. The van der Waals surface area contributed by atoms with Gasteiger partial charge in [0.1, 0.15) is 17.7 Å². The van der Waals surface area contributed by atoms with Crippen LogP contribution >= 0.6 is 24.0 Å². The van der Waals surface area contributed by atoms with Gasteiger partial charge in [0.15, 0.2) is 5.96 Å². The number of imidazole rings is 1. The summed E-state index contributed by atoms with van der Waals surface area (Å²) in [5.41, 5.74) is 4.32. The molecular formula is C24H32IN5O2. The van der Waals surface area contributed by atoms with E-state index in [0.29, 0.717) is 13.2 Å². The van der Waals surface area contributed by atoms with Gasteiger partial charge in [0.25, 0.3) is 0 Å². The van der Waals surface area contributed by atoms with Gasteiger partial charge in [-0.15, -0.1) is 24.0 Å². The van der Waals surface area contributed by atoms with Crippen LogP contribution in [-0.2, 0) is 17.7 Å². The number of fused-ring (bicyclic) bond motifs is 1. The van der Waals surface area contributed by atoms with Gasteiger partial charge in [0.2, 0.25) is 0 Å². The smallest absolute Gasteiger partial charge is 0.191 e. The Morgan fingerprint density at radius 3 is 2.91 bits per heavy atom. The van der Waals surface area contributed by atoms with E-state index in [9.17, 15) is 0 Å². The number of guanidine groups is 1. The second-order valence-electron chi connectivity index (χ2n) is 7.79. The molecule has 3 N–H and O–H groups in total. The van der Waals surface area contributed by atoms with E-state index in [1.807, 2.05) is 24.3 Å². The van der Waals surface area contributed by atoms with E-state index in [4.69, 9.17) is 14.5 Å². The van der Waals surface area contributed by atoms with Crippen molar-refractivity contribution < 1.29 is 9.47 Å².